The summed E-state index contributed by atoms with van der Waals surface area (Å²) in [4.78, 5) is 3.16. The van der Waals surface area contributed by atoms with Crippen LogP contribution in [0, 0.1) is 0 Å². The van der Waals surface area contributed by atoms with Crippen LogP contribution in [-0.4, -0.2) is 47.2 Å². The molecular weight excluding hydrogens is 436 g/mol. The van der Waals surface area contributed by atoms with Gasteiger partial charge in [0.05, 0.1) is 18.6 Å². The molecule has 7 heteroatoms. The summed E-state index contributed by atoms with van der Waals surface area (Å²) >= 11 is 0. The monoisotopic (exact) mass is 464 g/mol. The lowest BCUT2D eigenvalue weighted by atomic mass is 10.0. The van der Waals surface area contributed by atoms with Crippen LogP contribution in [-0.2, 0) is 29.6 Å². The zero-order valence-electron chi connectivity index (χ0n) is 18.5. The molecule has 4 aromatic rings. The smallest absolute Gasteiger partial charge is 0.124 e. The molecule has 6 nitrogen and oxygen atoms in total. The second kappa shape index (κ2) is 9.49. The number of para-hydroxylation sites is 1. The Morgan fingerprint density at radius 3 is 2.09 bits per heavy atom. The lowest BCUT2D eigenvalue weighted by molar-refractivity contribution is -0.952. The van der Waals surface area contributed by atoms with E-state index in [-0.39, 0.29) is 17.5 Å². The van der Waals surface area contributed by atoms with Gasteiger partial charge in [0, 0.05) is 34.6 Å². The van der Waals surface area contributed by atoms with E-state index < -0.39 is 10.1 Å². The Labute approximate surface area is 194 Å². The minimum Gasteiger partial charge on any atom is -0.744 e. The number of hydrogen-bond donors (Lipinski definition) is 2. The highest BCUT2D eigenvalue weighted by Crippen LogP contribution is 2.32. The van der Waals surface area contributed by atoms with E-state index in [1.165, 1.54) is 51.9 Å². The molecule has 0 radical (unpaired) electrons. The number of aliphatic hydroxyl groups is 1. The van der Waals surface area contributed by atoms with Gasteiger partial charge in [-0.15, -0.1) is 0 Å². The van der Waals surface area contributed by atoms with Crippen molar-refractivity contribution in [3.63, 3.8) is 0 Å². The van der Waals surface area contributed by atoms with Crippen LogP contribution < -0.4 is 0 Å². The number of rotatable bonds is 5. The molecule has 0 amide bonds. The zero-order valence-corrected chi connectivity index (χ0v) is 19.3. The van der Waals surface area contributed by atoms with Crippen molar-refractivity contribution in [1.29, 1.82) is 0 Å². The lowest BCUT2D eigenvalue weighted by Crippen LogP contribution is -2.50. The van der Waals surface area contributed by atoms with E-state index in [0.29, 0.717) is 0 Å². The average Bonchev–Trinajstić information content (AvgIpc) is 3.38. The fourth-order valence-electron chi connectivity index (χ4n) is 4.58. The third kappa shape index (κ3) is 5.17. The predicted molar refractivity (Wildman–Crippen MR) is 127 cm³/mol. The molecule has 0 aliphatic carbocycles. The van der Waals surface area contributed by atoms with E-state index >= 15 is 0 Å². The second-order valence-electron chi connectivity index (χ2n) is 8.73. The van der Waals surface area contributed by atoms with E-state index in [2.05, 4.69) is 66.8 Å². The Bertz CT molecular complexity index is 1310. The van der Waals surface area contributed by atoms with Crippen molar-refractivity contribution in [2.45, 2.75) is 30.4 Å². The number of likely N-dealkylation sites (N-methyl/N-ethyl adjacent to an activating group) is 1. The molecule has 33 heavy (non-hydrogen) atoms. The van der Waals surface area contributed by atoms with Crippen LogP contribution in [0.15, 0.2) is 90.0 Å². The first kappa shape index (κ1) is 23.2. The van der Waals surface area contributed by atoms with Crippen LogP contribution in [0.25, 0.3) is 10.9 Å². The first-order chi connectivity index (χ1) is 15.8. The topological polar surface area (TPSA) is 93.2 Å². The Morgan fingerprint density at radius 1 is 0.939 bits per heavy atom. The van der Waals surface area contributed by atoms with Crippen molar-refractivity contribution in [2.24, 2.45) is 0 Å². The zero-order chi connectivity index (χ0) is 23.5. The number of quaternary nitrogens is 1. The quantitative estimate of drug-likeness (QED) is 0.347. The highest BCUT2D eigenvalue weighted by atomic mass is 32.2. The number of aromatic amines is 1. The van der Waals surface area contributed by atoms with Gasteiger partial charge in [0.2, 0.25) is 0 Å². The fraction of sp³-hybridized carbons (Fsp3) is 0.231. The Hall–Kier alpha value is -2.97. The van der Waals surface area contributed by atoms with Crippen LogP contribution in [0.5, 0.6) is 0 Å². The molecule has 1 aliphatic heterocycles. The predicted octanol–water partition coefficient (Wildman–Crippen LogP) is 3.82. The maximum absolute atomic E-state index is 10.3. The fourth-order valence-corrected chi connectivity index (χ4v) is 5.07. The third-order valence-corrected chi connectivity index (χ3v) is 7.29. The first-order valence-corrected chi connectivity index (χ1v) is 12.3. The molecule has 5 rings (SSSR count). The van der Waals surface area contributed by atoms with Crippen molar-refractivity contribution in [3.8, 4) is 0 Å². The summed E-state index contributed by atoms with van der Waals surface area (Å²) < 4.78 is 31.7. The molecule has 3 aromatic carbocycles. The third-order valence-electron chi connectivity index (χ3n) is 6.44. The summed E-state index contributed by atoms with van der Waals surface area (Å²) in [7, 11) is -1.98. The normalized spacial score (nSPS) is 15.5. The van der Waals surface area contributed by atoms with Gasteiger partial charge in [0.15, 0.2) is 0 Å². The minimum atomic E-state index is -4.25. The van der Waals surface area contributed by atoms with Crippen LogP contribution in [0.2, 0.25) is 0 Å². The van der Waals surface area contributed by atoms with Crippen molar-refractivity contribution >= 4 is 21.0 Å². The Kier molecular flexibility index (Phi) is 6.67. The van der Waals surface area contributed by atoms with E-state index in [0.717, 1.165) is 24.0 Å². The number of H-pyrrole nitrogens is 1. The number of hydrogen-bond acceptors (Lipinski definition) is 4. The van der Waals surface area contributed by atoms with Gasteiger partial charge in [0.1, 0.15) is 29.2 Å². The summed E-state index contributed by atoms with van der Waals surface area (Å²) in [5.74, 6) is 0. The van der Waals surface area contributed by atoms with Crippen LogP contribution in [0.1, 0.15) is 16.7 Å². The van der Waals surface area contributed by atoms with Gasteiger partial charge in [-0.1, -0.05) is 60.7 Å². The summed E-state index contributed by atoms with van der Waals surface area (Å²) in [5.41, 5.74) is 5.32. The molecule has 0 unspecified atom stereocenters. The first-order valence-electron chi connectivity index (χ1n) is 10.9. The molecule has 2 heterocycles. The molecule has 0 fully saturated rings. The molecule has 172 valence electrons. The summed E-state index contributed by atoms with van der Waals surface area (Å²) in [6, 6.07) is 24.5. The molecule has 1 aromatic heterocycles. The SMILES string of the molecule is C[N+]1([C@H](CO)Cc2c[nH]c3ccccc23)Cc2ccccc2C1.O=S(=O)([O-])c1ccccc1. The molecule has 0 spiro atoms. The lowest BCUT2D eigenvalue weighted by Gasteiger charge is -2.37. The van der Waals surface area contributed by atoms with Crippen LogP contribution in [0.4, 0.5) is 0 Å². The number of aliphatic hydroxyl groups excluding tert-OH is 1. The molecule has 1 atom stereocenters. The van der Waals surface area contributed by atoms with Crippen LogP contribution in [0.3, 0.4) is 0 Å². The molecule has 0 bridgehead atoms. The van der Waals surface area contributed by atoms with Gasteiger partial charge in [0.25, 0.3) is 0 Å². The molecule has 0 saturated carbocycles. The maximum Gasteiger partial charge on any atom is 0.124 e. The number of benzene rings is 3. The summed E-state index contributed by atoms with van der Waals surface area (Å²) in [6.07, 6.45) is 2.99. The minimum absolute atomic E-state index is 0.185. The van der Waals surface area contributed by atoms with Crippen LogP contribution >= 0.6 is 0 Å². The van der Waals surface area contributed by atoms with Crippen molar-refractivity contribution < 1.29 is 22.6 Å². The summed E-state index contributed by atoms with van der Waals surface area (Å²) in [5, 5.41) is 11.3. The summed E-state index contributed by atoms with van der Waals surface area (Å²) in [6.45, 7) is 2.22. The number of nitrogens with one attached hydrogen (secondary N) is 1. The number of nitrogens with zero attached hydrogens (tertiary/aromatic N) is 1. The average molecular weight is 465 g/mol. The molecule has 2 N–H and O–H groups in total. The van der Waals surface area contributed by atoms with Gasteiger partial charge >= 0.3 is 0 Å². The van der Waals surface area contributed by atoms with Gasteiger partial charge in [-0.2, -0.15) is 0 Å². The van der Waals surface area contributed by atoms with Crippen molar-refractivity contribution in [1.82, 2.24) is 4.98 Å². The molecule has 1 aliphatic rings. The maximum atomic E-state index is 10.3. The molecule has 0 saturated heterocycles. The standard InChI is InChI=1S/C20H23N2O.C6H6O3S/c1-22(12-15-6-2-3-7-16(15)13-22)18(14-23)10-17-11-21-20-9-5-4-8-19(17)20;7-10(8,9)6-4-2-1-3-5-6/h2-9,11,18,21,23H,10,12-14H2,1H3;1-5H,(H,7,8,9)/q+1;/p-1/t18-;/m0./s1. The van der Waals surface area contributed by atoms with Crippen molar-refractivity contribution in [2.75, 3.05) is 13.7 Å². The number of fused-ring (bicyclic) bond motifs is 2. The largest absolute Gasteiger partial charge is 0.744 e. The second-order valence-corrected chi connectivity index (χ2v) is 10.1. The van der Waals surface area contributed by atoms with E-state index in [9.17, 15) is 18.1 Å². The van der Waals surface area contributed by atoms with E-state index in [4.69, 9.17) is 0 Å². The number of aromatic nitrogens is 1. The molecular formula is C26H28N2O4S. The van der Waals surface area contributed by atoms with Gasteiger partial charge in [-0.05, 0) is 23.8 Å². The highest BCUT2D eigenvalue weighted by molar-refractivity contribution is 7.85. The van der Waals surface area contributed by atoms with Gasteiger partial charge < -0.3 is 19.1 Å². The van der Waals surface area contributed by atoms with E-state index in [1.807, 2.05) is 0 Å². The highest BCUT2D eigenvalue weighted by Gasteiger charge is 2.38. The Morgan fingerprint density at radius 2 is 1.52 bits per heavy atom. The van der Waals surface area contributed by atoms with Gasteiger partial charge in [-0.25, -0.2) is 8.42 Å². The Balaban J connectivity index is 0.000000219. The van der Waals surface area contributed by atoms with E-state index in [1.54, 1.807) is 6.07 Å². The van der Waals surface area contributed by atoms with Crippen molar-refractivity contribution in [3.05, 3.63) is 102 Å². The van der Waals surface area contributed by atoms with Gasteiger partial charge in [-0.3, -0.25) is 0 Å².